The van der Waals surface area contributed by atoms with Crippen LogP contribution in [0.15, 0.2) is 48.5 Å². The monoisotopic (exact) mass is 320 g/mol. The number of carbonyl (C=O) groups is 1. The number of hydrogen-bond acceptors (Lipinski definition) is 4. The molecule has 0 aromatic heterocycles. The summed E-state index contributed by atoms with van der Waals surface area (Å²) in [5.41, 5.74) is 2.12. The maximum Gasteiger partial charge on any atom is 0.343 e. The molecule has 0 heterocycles. The van der Waals surface area contributed by atoms with E-state index in [1.165, 1.54) is 0 Å². The molecular formula is C17H19ClNO3-. The Labute approximate surface area is 136 Å². The van der Waals surface area contributed by atoms with Crippen LogP contribution in [0.5, 0.6) is 5.75 Å². The number of aliphatic hydroxyl groups excluding tert-OH is 1. The SMILES string of the molecule is CNCC(O)c1cccc(OC(=O)c2ccccc2C)c1.[Cl-]. The summed E-state index contributed by atoms with van der Waals surface area (Å²) in [5.74, 6) is 0.0317. The zero-order valence-corrected chi connectivity index (χ0v) is 13.3. The van der Waals surface area contributed by atoms with E-state index in [4.69, 9.17) is 4.74 Å². The molecule has 0 aliphatic carbocycles. The lowest BCUT2D eigenvalue weighted by Gasteiger charge is -2.12. The highest BCUT2D eigenvalue weighted by molar-refractivity contribution is 5.92. The molecule has 0 amide bonds. The summed E-state index contributed by atoms with van der Waals surface area (Å²) in [6.45, 7) is 2.30. The summed E-state index contributed by atoms with van der Waals surface area (Å²) in [6, 6.07) is 14.2. The van der Waals surface area contributed by atoms with E-state index in [-0.39, 0.29) is 12.4 Å². The average Bonchev–Trinajstić information content (AvgIpc) is 2.48. The number of nitrogens with one attached hydrogen (secondary N) is 1. The Morgan fingerprint density at radius 3 is 2.64 bits per heavy atom. The maximum absolute atomic E-state index is 12.1. The lowest BCUT2D eigenvalue weighted by Crippen LogP contribution is -3.00. The van der Waals surface area contributed by atoms with Gasteiger partial charge in [0.2, 0.25) is 0 Å². The Bertz CT molecular complexity index is 631. The lowest BCUT2D eigenvalue weighted by atomic mass is 10.1. The van der Waals surface area contributed by atoms with Gasteiger partial charge in [-0.15, -0.1) is 0 Å². The van der Waals surface area contributed by atoms with Crippen LogP contribution in [0.25, 0.3) is 0 Å². The second-order valence-electron chi connectivity index (χ2n) is 4.85. The molecule has 118 valence electrons. The van der Waals surface area contributed by atoms with Gasteiger partial charge in [0.1, 0.15) is 5.75 Å². The Kier molecular flexibility index (Phi) is 7.05. The molecule has 2 rings (SSSR count). The molecule has 4 nitrogen and oxygen atoms in total. The van der Waals surface area contributed by atoms with Gasteiger partial charge < -0.3 is 27.6 Å². The molecule has 2 aromatic rings. The lowest BCUT2D eigenvalue weighted by molar-refractivity contribution is -0.0000189. The van der Waals surface area contributed by atoms with Gasteiger partial charge in [0.25, 0.3) is 0 Å². The third-order valence-electron chi connectivity index (χ3n) is 3.22. The molecule has 0 spiro atoms. The highest BCUT2D eigenvalue weighted by Gasteiger charge is 2.12. The van der Waals surface area contributed by atoms with Gasteiger partial charge >= 0.3 is 5.97 Å². The minimum absolute atomic E-state index is 0. The van der Waals surface area contributed by atoms with Gasteiger partial charge in [0.05, 0.1) is 11.7 Å². The number of esters is 1. The number of aliphatic hydroxyl groups is 1. The summed E-state index contributed by atoms with van der Waals surface area (Å²) < 4.78 is 5.38. The second kappa shape index (κ2) is 8.54. The molecule has 0 fully saturated rings. The van der Waals surface area contributed by atoms with Crippen LogP contribution in [-0.4, -0.2) is 24.7 Å². The van der Waals surface area contributed by atoms with Gasteiger partial charge in [-0.05, 0) is 43.3 Å². The first-order valence-electron chi connectivity index (χ1n) is 6.82. The zero-order chi connectivity index (χ0) is 15.2. The number of rotatable bonds is 5. The molecule has 0 bridgehead atoms. The molecule has 2 N–H and O–H groups in total. The van der Waals surface area contributed by atoms with Crippen molar-refractivity contribution in [2.75, 3.05) is 13.6 Å². The van der Waals surface area contributed by atoms with Crippen LogP contribution in [0.2, 0.25) is 0 Å². The Balaban J connectivity index is 0.00000242. The summed E-state index contributed by atoms with van der Waals surface area (Å²) in [5, 5.41) is 12.8. The standard InChI is InChI=1S/C17H19NO3.ClH/c1-12-6-3-4-9-15(12)17(20)21-14-8-5-7-13(10-14)16(19)11-18-2;/h3-10,16,18-19H,11H2,1-2H3;1H/p-1. The molecule has 0 aliphatic heterocycles. The predicted molar refractivity (Wildman–Crippen MR) is 81.5 cm³/mol. The van der Waals surface area contributed by atoms with Crippen molar-refractivity contribution in [3.05, 3.63) is 65.2 Å². The number of ether oxygens (including phenoxy) is 1. The predicted octanol–water partition coefficient (Wildman–Crippen LogP) is -0.529. The summed E-state index contributed by atoms with van der Waals surface area (Å²) in [4.78, 5) is 12.1. The first kappa shape index (κ1) is 18.2. The Morgan fingerprint density at radius 2 is 1.95 bits per heavy atom. The van der Waals surface area contributed by atoms with Gasteiger partial charge in [0, 0.05) is 6.54 Å². The van der Waals surface area contributed by atoms with E-state index < -0.39 is 12.1 Å². The van der Waals surface area contributed by atoms with Gasteiger partial charge in [-0.3, -0.25) is 0 Å². The van der Waals surface area contributed by atoms with E-state index in [0.717, 1.165) is 5.56 Å². The number of aryl methyl sites for hydroxylation is 1. The fraction of sp³-hybridized carbons (Fsp3) is 0.235. The van der Waals surface area contributed by atoms with Crippen LogP contribution in [0.3, 0.4) is 0 Å². The third-order valence-corrected chi connectivity index (χ3v) is 3.22. The van der Waals surface area contributed by atoms with Crippen LogP contribution in [0.1, 0.15) is 27.6 Å². The molecule has 0 radical (unpaired) electrons. The first-order chi connectivity index (χ1) is 10.1. The largest absolute Gasteiger partial charge is 1.00 e. The summed E-state index contributed by atoms with van der Waals surface area (Å²) in [6.07, 6.45) is -0.632. The minimum Gasteiger partial charge on any atom is -1.00 e. The van der Waals surface area contributed by atoms with Crippen molar-refractivity contribution in [2.24, 2.45) is 0 Å². The topological polar surface area (TPSA) is 58.6 Å². The summed E-state index contributed by atoms with van der Waals surface area (Å²) >= 11 is 0. The van der Waals surface area contributed by atoms with Crippen molar-refractivity contribution in [3.8, 4) is 5.75 Å². The van der Waals surface area contributed by atoms with Crippen molar-refractivity contribution in [3.63, 3.8) is 0 Å². The van der Waals surface area contributed by atoms with E-state index in [0.29, 0.717) is 23.4 Å². The molecule has 0 saturated heterocycles. The number of carbonyl (C=O) groups excluding carboxylic acids is 1. The fourth-order valence-corrected chi connectivity index (χ4v) is 2.06. The smallest absolute Gasteiger partial charge is 0.343 e. The fourth-order valence-electron chi connectivity index (χ4n) is 2.06. The third kappa shape index (κ3) is 4.56. The molecule has 1 atom stereocenters. The van der Waals surface area contributed by atoms with Gasteiger partial charge in [-0.2, -0.15) is 0 Å². The van der Waals surface area contributed by atoms with E-state index in [2.05, 4.69) is 5.32 Å². The molecular weight excluding hydrogens is 302 g/mol. The second-order valence-corrected chi connectivity index (χ2v) is 4.85. The van der Waals surface area contributed by atoms with Gasteiger partial charge in [-0.25, -0.2) is 4.79 Å². The number of hydrogen-bond donors (Lipinski definition) is 2. The van der Waals surface area contributed by atoms with Crippen molar-refractivity contribution in [1.29, 1.82) is 0 Å². The average molecular weight is 321 g/mol. The molecule has 5 heteroatoms. The van der Waals surface area contributed by atoms with Crippen molar-refractivity contribution in [1.82, 2.24) is 5.32 Å². The number of benzene rings is 2. The van der Waals surface area contributed by atoms with E-state index in [1.54, 1.807) is 43.4 Å². The Morgan fingerprint density at radius 1 is 1.23 bits per heavy atom. The highest BCUT2D eigenvalue weighted by atomic mass is 35.5. The van der Waals surface area contributed by atoms with Crippen molar-refractivity contribution in [2.45, 2.75) is 13.0 Å². The minimum atomic E-state index is -0.632. The normalized spacial score (nSPS) is 11.4. The van der Waals surface area contributed by atoms with Crippen LogP contribution in [0.4, 0.5) is 0 Å². The molecule has 0 saturated carbocycles. The van der Waals surface area contributed by atoms with Crippen LogP contribution < -0.4 is 22.5 Å². The number of halogens is 1. The van der Waals surface area contributed by atoms with Crippen molar-refractivity contribution < 1.29 is 27.0 Å². The zero-order valence-electron chi connectivity index (χ0n) is 12.5. The van der Waals surface area contributed by atoms with Gasteiger partial charge in [-0.1, -0.05) is 30.3 Å². The van der Waals surface area contributed by atoms with Crippen LogP contribution in [-0.2, 0) is 0 Å². The van der Waals surface area contributed by atoms with E-state index in [9.17, 15) is 9.90 Å². The Hall–Kier alpha value is -1.88. The molecule has 1 unspecified atom stereocenters. The molecule has 2 aromatic carbocycles. The number of likely N-dealkylation sites (N-methyl/N-ethyl adjacent to an activating group) is 1. The summed E-state index contributed by atoms with van der Waals surface area (Å²) in [7, 11) is 1.77. The van der Waals surface area contributed by atoms with Crippen LogP contribution >= 0.6 is 0 Å². The van der Waals surface area contributed by atoms with Gasteiger partial charge in [0.15, 0.2) is 0 Å². The highest BCUT2D eigenvalue weighted by Crippen LogP contribution is 2.20. The molecule has 22 heavy (non-hydrogen) atoms. The van der Waals surface area contributed by atoms with E-state index >= 15 is 0 Å². The maximum atomic E-state index is 12.1. The molecule has 0 aliphatic rings. The first-order valence-corrected chi connectivity index (χ1v) is 6.82. The van der Waals surface area contributed by atoms with Crippen molar-refractivity contribution >= 4 is 5.97 Å². The van der Waals surface area contributed by atoms with Crippen LogP contribution in [0, 0.1) is 6.92 Å². The quantitative estimate of drug-likeness (QED) is 0.574. The van der Waals surface area contributed by atoms with E-state index in [1.807, 2.05) is 19.1 Å².